The van der Waals surface area contributed by atoms with Crippen molar-refractivity contribution in [1.82, 2.24) is 4.98 Å². The van der Waals surface area contributed by atoms with E-state index in [-0.39, 0.29) is 5.39 Å². The van der Waals surface area contributed by atoms with Crippen LogP contribution in [0.3, 0.4) is 0 Å². The SMILES string of the molecule is FC(F)(F)c1nc2ccccc2c2c1cc(-c1ccc(Br)cc1)c1cc(Br)ccc12. The molecule has 0 spiro atoms. The van der Waals surface area contributed by atoms with Crippen molar-refractivity contribution in [3.8, 4) is 11.1 Å². The van der Waals surface area contributed by atoms with Gasteiger partial charge in [0, 0.05) is 25.1 Å². The molecular weight excluding hydrogens is 519 g/mol. The van der Waals surface area contributed by atoms with E-state index < -0.39 is 11.9 Å². The molecule has 1 heterocycles. The van der Waals surface area contributed by atoms with Crippen LogP contribution in [0, 0.1) is 0 Å². The lowest BCUT2D eigenvalue weighted by atomic mass is 9.91. The Morgan fingerprint density at radius 3 is 2.10 bits per heavy atom. The summed E-state index contributed by atoms with van der Waals surface area (Å²) in [5.41, 5.74) is 1.04. The van der Waals surface area contributed by atoms with Gasteiger partial charge in [0.05, 0.1) is 5.52 Å². The molecule has 0 saturated heterocycles. The highest BCUT2D eigenvalue weighted by Crippen LogP contribution is 2.43. The molecule has 148 valence electrons. The predicted molar refractivity (Wildman–Crippen MR) is 123 cm³/mol. The topological polar surface area (TPSA) is 12.9 Å². The van der Waals surface area contributed by atoms with Crippen LogP contribution in [-0.4, -0.2) is 4.98 Å². The maximum atomic E-state index is 14.0. The maximum Gasteiger partial charge on any atom is 0.433 e. The highest BCUT2D eigenvalue weighted by molar-refractivity contribution is 9.10. The lowest BCUT2D eigenvalue weighted by Crippen LogP contribution is -2.09. The number of benzene rings is 4. The zero-order valence-electron chi connectivity index (χ0n) is 15.3. The molecule has 4 aromatic carbocycles. The Bertz CT molecular complexity index is 1440. The molecule has 30 heavy (non-hydrogen) atoms. The molecule has 0 amide bonds. The fourth-order valence-corrected chi connectivity index (χ4v) is 4.55. The van der Waals surface area contributed by atoms with Crippen LogP contribution in [0.5, 0.6) is 0 Å². The summed E-state index contributed by atoms with van der Waals surface area (Å²) >= 11 is 6.93. The van der Waals surface area contributed by atoms with E-state index in [1.807, 2.05) is 54.6 Å². The minimum Gasteiger partial charge on any atom is -0.243 e. The molecular formula is C24H12Br2F3N. The number of pyridine rings is 1. The monoisotopic (exact) mass is 529 g/mol. The van der Waals surface area contributed by atoms with E-state index in [1.165, 1.54) is 0 Å². The molecule has 5 rings (SSSR count). The van der Waals surface area contributed by atoms with Gasteiger partial charge >= 0.3 is 6.18 Å². The van der Waals surface area contributed by atoms with Crippen LogP contribution in [0.15, 0.2) is 81.7 Å². The molecule has 0 aliphatic heterocycles. The van der Waals surface area contributed by atoms with E-state index in [2.05, 4.69) is 36.8 Å². The van der Waals surface area contributed by atoms with Gasteiger partial charge < -0.3 is 0 Å². The normalized spacial score (nSPS) is 12.2. The van der Waals surface area contributed by atoms with Gasteiger partial charge in [-0.3, -0.25) is 0 Å². The summed E-state index contributed by atoms with van der Waals surface area (Å²) in [7, 11) is 0. The van der Waals surface area contributed by atoms with Gasteiger partial charge in [-0.2, -0.15) is 13.2 Å². The number of halogens is 5. The van der Waals surface area contributed by atoms with Crippen LogP contribution in [-0.2, 0) is 6.18 Å². The first-order valence-electron chi connectivity index (χ1n) is 9.11. The number of hydrogen-bond donors (Lipinski definition) is 0. The fraction of sp³-hybridized carbons (Fsp3) is 0.0417. The summed E-state index contributed by atoms with van der Waals surface area (Å²) in [6, 6.07) is 21.8. The van der Waals surface area contributed by atoms with Gasteiger partial charge in [0.15, 0.2) is 5.69 Å². The van der Waals surface area contributed by atoms with E-state index in [0.717, 1.165) is 30.8 Å². The Labute approximate surface area is 186 Å². The second kappa shape index (κ2) is 7.06. The molecule has 0 aliphatic carbocycles. The van der Waals surface area contributed by atoms with Crippen molar-refractivity contribution in [3.63, 3.8) is 0 Å². The number of rotatable bonds is 1. The molecule has 1 nitrogen and oxygen atoms in total. The largest absolute Gasteiger partial charge is 0.433 e. The van der Waals surface area contributed by atoms with Crippen LogP contribution in [0.2, 0.25) is 0 Å². The van der Waals surface area contributed by atoms with Crippen molar-refractivity contribution >= 4 is 64.3 Å². The minimum atomic E-state index is -4.57. The fourth-order valence-electron chi connectivity index (χ4n) is 3.92. The lowest BCUT2D eigenvalue weighted by molar-refractivity contribution is -0.139. The quantitative estimate of drug-likeness (QED) is 0.197. The van der Waals surface area contributed by atoms with E-state index in [9.17, 15) is 13.2 Å². The third-order valence-corrected chi connectivity index (χ3v) is 6.21. The van der Waals surface area contributed by atoms with E-state index in [4.69, 9.17) is 0 Å². The van der Waals surface area contributed by atoms with Crippen molar-refractivity contribution in [2.75, 3.05) is 0 Å². The Morgan fingerprint density at radius 2 is 1.37 bits per heavy atom. The van der Waals surface area contributed by atoms with Gasteiger partial charge in [-0.25, -0.2) is 4.98 Å². The summed E-state index contributed by atoms with van der Waals surface area (Å²) in [4.78, 5) is 4.01. The zero-order chi connectivity index (χ0) is 21.0. The number of alkyl halides is 3. The minimum absolute atomic E-state index is 0.106. The van der Waals surface area contributed by atoms with Crippen LogP contribution < -0.4 is 0 Å². The van der Waals surface area contributed by atoms with Gasteiger partial charge in [0.25, 0.3) is 0 Å². The first-order chi connectivity index (χ1) is 14.3. The average molecular weight is 531 g/mol. The van der Waals surface area contributed by atoms with Crippen LogP contribution >= 0.6 is 31.9 Å². The summed E-state index contributed by atoms with van der Waals surface area (Å²) in [5.74, 6) is 0. The van der Waals surface area contributed by atoms with Gasteiger partial charge in [0.2, 0.25) is 0 Å². The smallest absolute Gasteiger partial charge is 0.243 e. The Kier molecular flexibility index (Phi) is 4.60. The van der Waals surface area contributed by atoms with Gasteiger partial charge in [-0.05, 0) is 58.3 Å². The third kappa shape index (κ3) is 3.19. The first-order valence-corrected chi connectivity index (χ1v) is 10.7. The van der Waals surface area contributed by atoms with Crippen LogP contribution in [0.1, 0.15) is 5.69 Å². The highest BCUT2D eigenvalue weighted by Gasteiger charge is 2.35. The Hall–Kier alpha value is -2.44. The van der Waals surface area contributed by atoms with Crippen molar-refractivity contribution < 1.29 is 13.2 Å². The Balaban J connectivity index is 2.05. The third-order valence-electron chi connectivity index (χ3n) is 5.18. The lowest BCUT2D eigenvalue weighted by Gasteiger charge is -2.17. The molecule has 1 aromatic heterocycles. The molecule has 0 atom stereocenters. The molecule has 6 heteroatoms. The second-order valence-electron chi connectivity index (χ2n) is 7.02. The standard InChI is InChI=1S/C24H12Br2F3N/c25-14-7-5-13(6-8-14)18-12-20-22(16-10-9-15(26)11-19(16)18)17-3-1-2-4-21(17)30-23(20)24(27,28)29/h1-12H. The molecule has 0 fully saturated rings. The molecule has 0 bridgehead atoms. The number of fused-ring (bicyclic) bond motifs is 5. The van der Waals surface area contributed by atoms with Gasteiger partial charge in [-0.15, -0.1) is 0 Å². The van der Waals surface area contributed by atoms with E-state index in [1.54, 1.807) is 18.2 Å². The van der Waals surface area contributed by atoms with Crippen molar-refractivity contribution in [1.29, 1.82) is 0 Å². The molecule has 0 unspecified atom stereocenters. The molecule has 0 N–H and O–H groups in total. The molecule has 5 aromatic rings. The first kappa shape index (κ1) is 19.5. The van der Waals surface area contributed by atoms with Crippen LogP contribution in [0.25, 0.3) is 43.6 Å². The number of para-hydroxylation sites is 1. The highest BCUT2D eigenvalue weighted by atomic mass is 79.9. The maximum absolute atomic E-state index is 14.0. The van der Waals surface area contributed by atoms with E-state index >= 15 is 0 Å². The molecule has 0 radical (unpaired) electrons. The number of aromatic nitrogens is 1. The average Bonchev–Trinajstić information content (AvgIpc) is 2.72. The summed E-state index contributed by atoms with van der Waals surface area (Å²) in [6.07, 6.45) is -4.57. The van der Waals surface area contributed by atoms with Crippen molar-refractivity contribution in [2.45, 2.75) is 6.18 Å². The second-order valence-corrected chi connectivity index (χ2v) is 8.85. The Morgan fingerprint density at radius 1 is 0.667 bits per heavy atom. The summed E-state index contributed by atoms with van der Waals surface area (Å²) < 4.78 is 43.8. The van der Waals surface area contributed by atoms with Crippen molar-refractivity contribution in [2.24, 2.45) is 0 Å². The number of nitrogens with zero attached hydrogens (tertiary/aromatic N) is 1. The number of hydrogen-bond acceptors (Lipinski definition) is 1. The van der Waals surface area contributed by atoms with E-state index in [0.29, 0.717) is 16.3 Å². The summed E-state index contributed by atoms with van der Waals surface area (Å²) in [5, 5.41) is 3.02. The molecule has 0 aliphatic rings. The van der Waals surface area contributed by atoms with Crippen molar-refractivity contribution in [3.05, 3.63) is 87.4 Å². The molecule has 0 saturated carbocycles. The van der Waals surface area contributed by atoms with Gasteiger partial charge in [-0.1, -0.05) is 68.3 Å². The summed E-state index contributed by atoms with van der Waals surface area (Å²) in [6.45, 7) is 0. The predicted octanol–water partition coefficient (Wildman–Crippen LogP) is 8.75. The van der Waals surface area contributed by atoms with Gasteiger partial charge in [0.1, 0.15) is 0 Å². The zero-order valence-corrected chi connectivity index (χ0v) is 18.4. The van der Waals surface area contributed by atoms with Crippen LogP contribution in [0.4, 0.5) is 13.2 Å².